The van der Waals surface area contributed by atoms with Crippen LogP contribution in [0.2, 0.25) is 0 Å². The summed E-state index contributed by atoms with van der Waals surface area (Å²) in [5, 5.41) is 12.2. The molecule has 0 atom stereocenters. The number of primary amides is 1. The summed E-state index contributed by atoms with van der Waals surface area (Å²) in [6.07, 6.45) is 0. The van der Waals surface area contributed by atoms with Gasteiger partial charge in [0.2, 0.25) is 0 Å². The zero-order chi connectivity index (χ0) is 15.6. The predicted octanol–water partition coefficient (Wildman–Crippen LogP) is 2.81. The number of carbonyl (C=O) groups is 1. The van der Waals surface area contributed by atoms with E-state index in [0.717, 1.165) is 15.8 Å². The van der Waals surface area contributed by atoms with E-state index in [-0.39, 0.29) is 28.5 Å². The van der Waals surface area contributed by atoms with Crippen LogP contribution in [0.5, 0.6) is 0 Å². The first-order chi connectivity index (χ1) is 9.93. The average molecular weight is 369 g/mol. The Morgan fingerprint density at radius 1 is 1.52 bits per heavy atom. The van der Waals surface area contributed by atoms with Gasteiger partial charge in [0.25, 0.3) is 5.91 Å². The van der Waals surface area contributed by atoms with E-state index in [2.05, 4.69) is 21.2 Å². The molecule has 21 heavy (non-hydrogen) atoms. The van der Waals surface area contributed by atoms with Gasteiger partial charge in [0.05, 0.1) is 11.3 Å². The van der Waals surface area contributed by atoms with Gasteiger partial charge in [-0.15, -0.1) is 11.3 Å². The summed E-state index contributed by atoms with van der Waals surface area (Å²) >= 11 is 4.27. The minimum Gasteiger partial charge on any atom is -0.396 e. The monoisotopic (exact) mass is 368 g/mol. The molecule has 8 heteroatoms. The second-order valence-corrected chi connectivity index (χ2v) is 6.05. The quantitative estimate of drug-likeness (QED) is 0.771. The first-order valence-electron chi connectivity index (χ1n) is 5.74. The highest BCUT2D eigenvalue weighted by Crippen LogP contribution is 2.35. The van der Waals surface area contributed by atoms with Crippen LogP contribution in [0.15, 0.2) is 22.7 Å². The smallest absolute Gasteiger partial charge is 0.253 e. The maximum Gasteiger partial charge on any atom is 0.253 e. The number of nitrogen functional groups attached to an aromatic ring is 1. The number of nitrogens with two attached hydrogens (primary N) is 2. The van der Waals surface area contributed by atoms with Crippen molar-refractivity contribution >= 4 is 43.9 Å². The standard InChI is InChI=1S/C13H10BrFN4OS/c14-7-1-2-8(15)6(3-7)5-19-13-10(12(18)20)11(17)9(4-16)21-13/h1-3,19H,5,17H2,(H2,18,20). The highest BCUT2D eigenvalue weighted by atomic mass is 79.9. The molecule has 1 aromatic heterocycles. The van der Waals surface area contributed by atoms with Gasteiger partial charge >= 0.3 is 0 Å². The van der Waals surface area contributed by atoms with Crippen LogP contribution in [0.4, 0.5) is 15.1 Å². The summed E-state index contributed by atoms with van der Waals surface area (Å²) in [5.41, 5.74) is 11.5. The Balaban J connectivity index is 2.30. The summed E-state index contributed by atoms with van der Waals surface area (Å²) in [5.74, 6) is -1.11. The molecule has 2 rings (SSSR count). The third kappa shape index (κ3) is 3.15. The van der Waals surface area contributed by atoms with Crippen LogP contribution in [-0.2, 0) is 6.54 Å². The van der Waals surface area contributed by atoms with Gasteiger partial charge in [0, 0.05) is 16.6 Å². The zero-order valence-electron chi connectivity index (χ0n) is 10.6. The Labute approximate surface area is 132 Å². The molecule has 0 saturated heterocycles. The molecule has 1 aromatic carbocycles. The summed E-state index contributed by atoms with van der Waals surface area (Å²) in [6.45, 7) is 0.135. The Hall–Kier alpha value is -2.11. The minimum atomic E-state index is -0.734. The van der Waals surface area contributed by atoms with Gasteiger partial charge < -0.3 is 16.8 Å². The van der Waals surface area contributed by atoms with E-state index in [0.29, 0.717) is 10.6 Å². The molecule has 1 heterocycles. The van der Waals surface area contributed by atoms with E-state index >= 15 is 0 Å². The lowest BCUT2D eigenvalue weighted by atomic mass is 10.2. The molecule has 5 nitrogen and oxygen atoms in total. The number of amides is 1. The Kier molecular flexibility index (Phi) is 4.45. The van der Waals surface area contributed by atoms with E-state index in [1.54, 1.807) is 12.1 Å². The Morgan fingerprint density at radius 2 is 2.24 bits per heavy atom. The molecule has 2 aromatic rings. The van der Waals surface area contributed by atoms with Gasteiger partial charge in [-0.2, -0.15) is 5.26 Å². The lowest BCUT2D eigenvalue weighted by Crippen LogP contribution is -2.14. The number of nitriles is 1. The molecule has 0 saturated carbocycles. The molecule has 0 aliphatic rings. The van der Waals surface area contributed by atoms with Crippen LogP contribution < -0.4 is 16.8 Å². The maximum atomic E-state index is 13.7. The third-order valence-electron chi connectivity index (χ3n) is 2.74. The van der Waals surface area contributed by atoms with Crippen molar-refractivity contribution in [1.29, 1.82) is 5.26 Å². The number of carbonyl (C=O) groups excluding carboxylic acids is 1. The number of halogens is 2. The van der Waals surface area contributed by atoms with Crippen LogP contribution in [-0.4, -0.2) is 5.91 Å². The number of rotatable bonds is 4. The Morgan fingerprint density at radius 3 is 2.86 bits per heavy atom. The van der Waals surface area contributed by atoms with Gasteiger partial charge in [-0.25, -0.2) is 4.39 Å². The molecule has 0 radical (unpaired) electrons. The van der Waals surface area contributed by atoms with E-state index in [4.69, 9.17) is 16.7 Å². The zero-order valence-corrected chi connectivity index (χ0v) is 13.0. The molecule has 0 spiro atoms. The Bertz CT molecular complexity index is 753. The lowest BCUT2D eigenvalue weighted by molar-refractivity contribution is 0.100. The highest BCUT2D eigenvalue weighted by molar-refractivity contribution is 9.10. The molecule has 108 valence electrons. The van der Waals surface area contributed by atoms with E-state index < -0.39 is 5.91 Å². The molecule has 0 aliphatic heterocycles. The number of nitrogens with one attached hydrogen (secondary N) is 1. The first-order valence-corrected chi connectivity index (χ1v) is 7.35. The van der Waals surface area contributed by atoms with Gasteiger partial charge in [0.1, 0.15) is 21.8 Å². The van der Waals surface area contributed by atoms with Gasteiger partial charge in [-0.3, -0.25) is 4.79 Å². The van der Waals surface area contributed by atoms with E-state index in [1.807, 2.05) is 6.07 Å². The first kappa shape index (κ1) is 15.3. The second-order valence-electron chi connectivity index (χ2n) is 4.11. The fourth-order valence-corrected chi connectivity index (χ4v) is 3.08. The largest absolute Gasteiger partial charge is 0.396 e. The van der Waals surface area contributed by atoms with Crippen LogP contribution in [0.1, 0.15) is 20.8 Å². The predicted molar refractivity (Wildman–Crippen MR) is 83.4 cm³/mol. The van der Waals surface area contributed by atoms with Crippen molar-refractivity contribution in [3.8, 4) is 6.07 Å². The molecule has 0 fully saturated rings. The third-order valence-corrected chi connectivity index (χ3v) is 4.30. The molecular weight excluding hydrogens is 359 g/mol. The van der Waals surface area contributed by atoms with E-state index in [1.165, 1.54) is 6.07 Å². The van der Waals surface area contributed by atoms with Gasteiger partial charge in [-0.1, -0.05) is 15.9 Å². The van der Waals surface area contributed by atoms with Crippen molar-refractivity contribution in [2.75, 3.05) is 11.1 Å². The number of nitrogens with zero attached hydrogens (tertiary/aromatic N) is 1. The molecule has 1 amide bonds. The number of hydrogen-bond donors (Lipinski definition) is 3. The molecular formula is C13H10BrFN4OS. The average Bonchev–Trinajstić information content (AvgIpc) is 2.76. The number of thiophene rings is 1. The van der Waals surface area contributed by atoms with E-state index in [9.17, 15) is 9.18 Å². The number of benzene rings is 1. The number of hydrogen-bond acceptors (Lipinski definition) is 5. The maximum absolute atomic E-state index is 13.7. The minimum absolute atomic E-state index is 0.0483. The van der Waals surface area contributed by atoms with Gasteiger partial charge in [0.15, 0.2) is 0 Å². The SMILES string of the molecule is N#Cc1sc(NCc2cc(Br)ccc2F)c(C(N)=O)c1N. The number of anilines is 2. The van der Waals surface area contributed by atoms with Crippen molar-refractivity contribution in [2.24, 2.45) is 5.73 Å². The molecule has 0 unspecified atom stereocenters. The molecule has 5 N–H and O–H groups in total. The van der Waals surface area contributed by atoms with Crippen LogP contribution in [0.25, 0.3) is 0 Å². The van der Waals surface area contributed by atoms with Crippen molar-refractivity contribution in [1.82, 2.24) is 0 Å². The highest BCUT2D eigenvalue weighted by Gasteiger charge is 2.20. The van der Waals surface area contributed by atoms with Crippen LogP contribution in [0.3, 0.4) is 0 Å². The fraction of sp³-hybridized carbons (Fsp3) is 0.0769. The molecule has 0 bridgehead atoms. The summed E-state index contributed by atoms with van der Waals surface area (Å²) in [6, 6.07) is 6.43. The van der Waals surface area contributed by atoms with Crippen LogP contribution in [0, 0.1) is 17.1 Å². The second kappa shape index (κ2) is 6.11. The van der Waals surface area contributed by atoms with Gasteiger partial charge in [-0.05, 0) is 18.2 Å². The lowest BCUT2D eigenvalue weighted by Gasteiger charge is -2.07. The normalized spacial score (nSPS) is 10.1. The molecule has 0 aliphatic carbocycles. The van der Waals surface area contributed by atoms with Crippen molar-refractivity contribution in [3.63, 3.8) is 0 Å². The van der Waals surface area contributed by atoms with Crippen molar-refractivity contribution in [3.05, 3.63) is 44.5 Å². The van der Waals surface area contributed by atoms with Crippen molar-refractivity contribution in [2.45, 2.75) is 6.54 Å². The summed E-state index contributed by atoms with van der Waals surface area (Å²) in [4.78, 5) is 11.6. The summed E-state index contributed by atoms with van der Waals surface area (Å²) in [7, 11) is 0. The summed E-state index contributed by atoms with van der Waals surface area (Å²) < 4.78 is 14.4. The fourth-order valence-electron chi connectivity index (χ4n) is 1.75. The van der Waals surface area contributed by atoms with Crippen LogP contribution >= 0.6 is 27.3 Å². The topological polar surface area (TPSA) is 105 Å². The van der Waals surface area contributed by atoms with Crippen molar-refractivity contribution < 1.29 is 9.18 Å².